The minimum absolute atomic E-state index is 0.0678. The van der Waals surface area contributed by atoms with Gasteiger partial charge in [0.1, 0.15) is 0 Å². The van der Waals surface area contributed by atoms with Crippen molar-refractivity contribution in [2.24, 2.45) is 0 Å². The van der Waals surface area contributed by atoms with Crippen LogP contribution < -0.4 is 4.74 Å². The van der Waals surface area contributed by atoms with Crippen LogP contribution >= 0.6 is 23.4 Å². The third-order valence-electron chi connectivity index (χ3n) is 2.69. The Balaban J connectivity index is 2.37. The lowest BCUT2D eigenvalue weighted by Gasteiger charge is -2.07. The van der Waals surface area contributed by atoms with Crippen molar-refractivity contribution in [3.05, 3.63) is 27.6 Å². The lowest BCUT2D eigenvalue weighted by molar-refractivity contribution is -0.122. The number of ether oxygens (including phenoxy) is 1. The zero-order valence-corrected chi connectivity index (χ0v) is 12.5. The van der Waals surface area contributed by atoms with E-state index in [0.29, 0.717) is 5.56 Å². The van der Waals surface area contributed by atoms with Gasteiger partial charge in [-0.15, -0.1) is 6.42 Å². The third kappa shape index (κ3) is 2.99. The van der Waals surface area contributed by atoms with E-state index in [-0.39, 0.29) is 28.0 Å². The molecule has 1 N–H and O–H groups in total. The van der Waals surface area contributed by atoms with Crippen LogP contribution in [0.2, 0.25) is 5.02 Å². The minimum Gasteiger partial charge on any atom is -0.503 e. The number of thioether (sulfide) groups is 1. The van der Waals surface area contributed by atoms with Gasteiger partial charge in [0.25, 0.3) is 11.1 Å². The molecule has 1 aliphatic heterocycles. The first-order valence-electron chi connectivity index (χ1n) is 5.73. The van der Waals surface area contributed by atoms with Gasteiger partial charge in [-0.25, -0.2) is 0 Å². The third-order valence-corrected chi connectivity index (χ3v) is 3.89. The molecular formula is C14H10ClNO4S. The van der Waals surface area contributed by atoms with Crippen molar-refractivity contribution in [2.75, 3.05) is 13.7 Å². The maximum Gasteiger partial charge on any atom is 0.294 e. The molecule has 1 fully saturated rings. The van der Waals surface area contributed by atoms with Gasteiger partial charge in [0.15, 0.2) is 11.5 Å². The van der Waals surface area contributed by atoms with Gasteiger partial charge in [0, 0.05) is 0 Å². The summed E-state index contributed by atoms with van der Waals surface area (Å²) >= 11 is 6.67. The van der Waals surface area contributed by atoms with Crippen LogP contribution in [0.4, 0.5) is 4.79 Å². The molecule has 0 bridgehead atoms. The van der Waals surface area contributed by atoms with Crippen LogP contribution in [0.1, 0.15) is 5.56 Å². The fourth-order valence-electron chi connectivity index (χ4n) is 1.71. The number of benzene rings is 1. The highest BCUT2D eigenvalue weighted by molar-refractivity contribution is 8.18. The second kappa shape index (κ2) is 6.12. The van der Waals surface area contributed by atoms with Crippen molar-refractivity contribution in [2.45, 2.75) is 0 Å². The van der Waals surface area contributed by atoms with Crippen LogP contribution in [0.25, 0.3) is 6.08 Å². The van der Waals surface area contributed by atoms with E-state index in [4.69, 9.17) is 22.8 Å². The van der Waals surface area contributed by atoms with Gasteiger partial charge < -0.3 is 9.84 Å². The topological polar surface area (TPSA) is 66.8 Å². The zero-order valence-electron chi connectivity index (χ0n) is 10.9. The summed E-state index contributed by atoms with van der Waals surface area (Å²) in [4.78, 5) is 24.9. The molecule has 108 valence electrons. The van der Waals surface area contributed by atoms with E-state index in [1.165, 1.54) is 25.3 Å². The maximum absolute atomic E-state index is 12.0. The molecule has 5 nitrogen and oxygen atoms in total. The molecule has 1 aromatic carbocycles. The molecule has 2 amide bonds. The van der Waals surface area contributed by atoms with Crippen LogP contribution in [0.5, 0.6) is 11.5 Å². The van der Waals surface area contributed by atoms with Crippen molar-refractivity contribution in [3.63, 3.8) is 0 Å². The summed E-state index contributed by atoms with van der Waals surface area (Å²) in [5.41, 5.74) is 0.529. The summed E-state index contributed by atoms with van der Waals surface area (Å²) in [7, 11) is 1.38. The fourth-order valence-corrected chi connectivity index (χ4v) is 2.77. The van der Waals surface area contributed by atoms with Gasteiger partial charge in [-0.1, -0.05) is 17.5 Å². The summed E-state index contributed by atoms with van der Waals surface area (Å²) in [6, 6.07) is 2.98. The standard InChI is InChI=1S/C14H10ClNO4S/c1-3-4-16-13(18)11(21-14(16)19)7-8-5-9(15)12(17)10(6-8)20-2/h1,5-7,17H,4H2,2H3/b11-7-. The number of nitrogens with zero attached hydrogens (tertiary/aromatic N) is 1. The number of methoxy groups -OCH3 is 1. The molecule has 1 saturated heterocycles. The van der Waals surface area contributed by atoms with Gasteiger partial charge in [0.2, 0.25) is 0 Å². The summed E-state index contributed by atoms with van der Waals surface area (Å²) in [5.74, 6) is 1.80. The maximum atomic E-state index is 12.0. The van der Waals surface area contributed by atoms with Gasteiger partial charge in [-0.3, -0.25) is 14.5 Å². The number of aromatic hydroxyl groups is 1. The van der Waals surface area contributed by atoms with E-state index in [1.54, 1.807) is 0 Å². The van der Waals surface area contributed by atoms with Gasteiger partial charge in [-0.05, 0) is 35.5 Å². The number of hydrogen-bond acceptors (Lipinski definition) is 5. The molecular weight excluding hydrogens is 314 g/mol. The molecule has 0 aliphatic carbocycles. The molecule has 1 aromatic rings. The Morgan fingerprint density at radius 3 is 2.86 bits per heavy atom. The van der Waals surface area contributed by atoms with Crippen molar-refractivity contribution in [1.29, 1.82) is 0 Å². The van der Waals surface area contributed by atoms with Crippen molar-refractivity contribution < 1.29 is 19.4 Å². The molecule has 7 heteroatoms. The van der Waals surface area contributed by atoms with Crippen molar-refractivity contribution >= 4 is 40.6 Å². The van der Waals surface area contributed by atoms with Crippen LogP contribution in [0.15, 0.2) is 17.0 Å². The predicted octanol–water partition coefficient (Wildman–Crippen LogP) is 2.72. The number of phenols is 1. The highest BCUT2D eigenvalue weighted by atomic mass is 35.5. The Kier molecular flexibility index (Phi) is 4.46. The molecule has 0 unspecified atom stereocenters. The Bertz CT molecular complexity index is 693. The normalized spacial score (nSPS) is 16.4. The van der Waals surface area contributed by atoms with Gasteiger partial charge in [0.05, 0.1) is 23.6 Å². The highest BCUT2D eigenvalue weighted by Crippen LogP contribution is 2.37. The number of terminal acetylenes is 1. The van der Waals surface area contributed by atoms with E-state index in [2.05, 4.69) is 5.92 Å². The fraction of sp³-hybridized carbons (Fsp3) is 0.143. The number of halogens is 1. The Hall–Kier alpha value is -2.10. The first-order chi connectivity index (χ1) is 9.97. The molecule has 0 radical (unpaired) electrons. The first-order valence-corrected chi connectivity index (χ1v) is 6.92. The van der Waals surface area contributed by atoms with Crippen LogP contribution in [0.3, 0.4) is 0 Å². The van der Waals surface area contributed by atoms with Crippen LogP contribution in [0, 0.1) is 12.3 Å². The van der Waals surface area contributed by atoms with E-state index in [0.717, 1.165) is 16.7 Å². The number of amides is 2. The minimum atomic E-state index is -0.453. The number of rotatable bonds is 3. The number of phenolic OH excluding ortho intramolecular Hbond substituents is 1. The number of carbonyl (C=O) groups is 2. The second-order valence-electron chi connectivity index (χ2n) is 4.03. The summed E-state index contributed by atoms with van der Waals surface area (Å²) in [6.07, 6.45) is 6.61. The van der Waals surface area contributed by atoms with E-state index >= 15 is 0 Å². The molecule has 2 rings (SSSR count). The molecule has 1 heterocycles. The quantitative estimate of drug-likeness (QED) is 0.684. The first kappa shape index (κ1) is 15.3. The van der Waals surface area contributed by atoms with E-state index in [1.807, 2.05) is 0 Å². The van der Waals surface area contributed by atoms with E-state index < -0.39 is 11.1 Å². The second-order valence-corrected chi connectivity index (χ2v) is 5.43. The molecule has 0 spiro atoms. The Labute approximate surface area is 130 Å². The number of carbonyl (C=O) groups excluding carboxylic acids is 2. The van der Waals surface area contributed by atoms with E-state index in [9.17, 15) is 14.7 Å². The van der Waals surface area contributed by atoms with Crippen LogP contribution in [-0.4, -0.2) is 34.8 Å². The predicted molar refractivity (Wildman–Crippen MR) is 81.2 cm³/mol. The summed E-state index contributed by atoms with van der Waals surface area (Å²) in [5, 5.41) is 9.33. The Morgan fingerprint density at radius 2 is 2.24 bits per heavy atom. The average molecular weight is 324 g/mol. The summed E-state index contributed by atoms with van der Waals surface area (Å²) < 4.78 is 4.98. The van der Waals surface area contributed by atoms with Gasteiger partial charge in [-0.2, -0.15) is 0 Å². The lowest BCUT2D eigenvalue weighted by Crippen LogP contribution is -2.28. The smallest absolute Gasteiger partial charge is 0.294 e. The Morgan fingerprint density at radius 1 is 1.52 bits per heavy atom. The van der Waals surface area contributed by atoms with Gasteiger partial charge >= 0.3 is 0 Å². The molecule has 1 aliphatic rings. The number of imide groups is 1. The molecule has 0 saturated carbocycles. The highest BCUT2D eigenvalue weighted by Gasteiger charge is 2.34. The molecule has 21 heavy (non-hydrogen) atoms. The summed E-state index contributed by atoms with van der Waals surface area (Å²) in [6.45, 7) is -0.0678. The number of hydrogen-bond donors (Lipinski definition) is 1. The van der Waals surface area contributed by atoms with Crippen LogP contribution in [-0.2, 0) is 4.79 Å². The lowest BCUT2D eigenvalue weighted by atomic mass is 10.2. The monoisotopic (exact) mass is 323 g/mol. The van der Waals surface area contributed by atoms with Crippen molar-refractivity contribution in [1.82, 2.24) is 4.90 Å². The SMILES string of the molecule is C#CCN1C(=O)S/C(=C\c2cc(Cl)c(O)c(OC)c2)C1=O. The van der Waals surface area contributed by atoms with Crippen molar-refractivity contribution in [3.8, 4) is 23.8 Å². The largest absolute Gasteiger partial charge is 0.503 e. The molecule has 0 aromatic heterocycles. The average Bonchev–Trinajstić information content (AvgIpc) is 2.70. The molecule has 0 atom stereocenters. The zero-order chi connectivity index (χ0) is 15.6.